The van der Waals surface area contributed by atoms with Gasteiger partial charge >= 0.3 is 6.09 Å². The van der Waals surface area contributed by atoms with Gasteiger partial charge in [-0.25, -0.2) is 4.79 Å². The molecule has 0 bridgehead atoms. The van der Waals surface area contributed by atoms with Gasteiger partial charge in [-0.05, 0) is 18.2 Å². The van der Waals surface area contributed by atoms with Crippen molar-refractivity contribution in [2.24, 2.45) is 0 Å². The summed E-state index contributed by atoms with van der Waals surface area (Å²) >= 11 is 5.32. The average molecular weight is 216 g/mol. The van der Waals surface area contributed by atoms with Crippen LogP contribution in [0.1, 0.15) is 5.76 Å². The van der Waals surface area contributed by atoms with Crippen LogP contribution in [-0.4, -0.2) is 18.6 Å². The van der Waals surface area contributed by atoms with Crippen LogP contribution in [0.25, 0.3) is 6.08 Å². The first-order chi connectivity index (χ1) is 6.83. The van der Waals surface area contributed by atoms with Crippen LogP contribution < -0.4 is 5.32 Å². The quantitative estimate of drug-likeness (QED) is 0.784. The van der Waals surface area contributed by atoms with Crippen molar-refractivity contribution < 1.29 is 13.9 Å². The van der Waals surface area contributed by atoms with Gasteiger partial charge < -0.3 is 9.15 Å². The molecule has 0 atom stereocenters. The maximum absolute atomic E-state index is 10.9. The molecule has 5 heteroatoms. The van der Waals surface area contributed by atoms with E-state index in [4.69, 9.17) is 16.0 Å². The molecule has 14 heavy (non-hydrogen) atoms. The minimum Gasteiger partial charge on any atom is -0.465 e. The van der Waals surface area contributed by atoms with Gasteiger partial charge in [0.1, 0.15) is 12.4 Å². The Morgan fingerprint density at radius 1 is 1.71 bits per heavy atom. The molecule has 4 nitrogen and oxygen atoms in total. The van der Waals surface area contributed by atoms with Gasteiger partial charge in [-0.1, -0.05) is 0 Å². The highest BCUT2D eigenvalue weighted by molar-refractivity contribution is 6.18. The molecule has 0 fully saturated rings. The van der Waals surface area contributed by atoms with Crippen molar-refractivity contribution in [3.05, 3.63) is 30.4 Å². The third-order valence-corrected chi connectivity index (χ3v) is 1.46. The van der Waals surface area contributed by atoms with E-state index in [9.17, 15) is 4.79 Å². The molecule has 0 saturated heterocycles. The van der Waals surface area contributed by atoms with Gasteiger partial charge in [-0.2, -0.15) is 0 Å². The van der Waals surface area contributed by atoms with Crippen LogP contribution in [-0.2, 0) is 4.74 Å². The van der Waals surface area contributed by atoms with Gasteiger partial charge in [0.2, 0.25) is 0 Å². The summed E-state index contributed by atoms with van der Waals surface area (Å²) < 4.78 is 9.64. The van der Waals surface area contributed by atoms with E-state index in [0.29, 0.717) is 5.76 Å². The molecule has 1 N–H and O–H groups in total. The van der Waals surface area contributed by atoms with E-state index in [2.05, 4.69) is 10.1 Å². The average Bonchev–Trinajstić information content (AvgIpc) is 2.67. The van der Waals surface area contributed by atoms with E-state index >= 15 is 0 Å². The Morgan fingerprint density at radius 3 is 3.21 bits per heavy atom. The summed E-state index contributed by atoms with van der Waals surface area (Å²) in [6, 6.07) is 3.52. The minimum atomic E-state index is -0.534. The molecule has 1 rings (SSSR count). The number of carbonyl (C=O) groups excluding carboxylic acids is 1. The SMILES string of the molecule is O=C(N/C=C/c1ccco1)OCCCl. The Bertz CT molecular complexity index is 295. The summed E-state index contributed by atoms with van der Waals surface area (Å²) in [7, 11) is 0. The van der Waals surface area contributed by atoms with Crippen molar-refractivity contribution in [3.63, 3.8) is 0 Å². The molecular formula is C9H10ClNO3. The van der Waals surface area contributed by atoms with Crippen LogP contribution >= 0.6 is 11.6 Å². The molecule has 1 aromatic heterocycles. The lowest BCUT2D eigenvalue weighted by Crippen LogP contribution is -2.19. The Labute approximate surface area is 86.5 Å². The number of ether oxygens (including phenoxy) is 1. The number of hydrogen-bond acceptors (Lipinski definition) is 3. The normalized spacial score (nSPS) is 10.4. The Hall–Kier alpha value is -1.42. The fourth-order valence-electron chi connectivity index (χ4n) is 0.751. The van der Waals surface area contributed by atoms with Gasteiger partial charge in [-0.3, -0.25) is 5.32 Å². The standard InChI is InChI=1S/C9H10ClNO3/c10-4-7-14-9(12)11-5-3-8-2-1-6-13-8/h1-3,5-6H,4,7H2,(H,11,12)/b5-3+. The molecule has 0 radical (unpaired) electrons. The Morgan fingerprint density at radius 2 is 2.57 bits per heavy atom. The van der Waals surface area contributed by atoms with Crippen molar-refractivity contribution in [1.82, 2.24) is 5.32 Å². The maximum Gasteiger partial charge on any atom is 0.411 e. The predicted molar refractivity (Wildman–Crippen MR) is 52.9 cm³/mol. The molecule has 76 valence electrons. The topological polar surface area (TPSA) is 51.5 Å². The smallest absolute Gasteiger partial charge is 0.411 e. The molecule has 0 aliphatic heterocycles. The first kappa shape index (κ1) is 10.7. The second-order valence-electron chi connectivity index (χ2n) is 2.32. The van der Waals surface area contributed by atoms with Crippen molar-refractivity contribution >= 4 is 23.8 Å². The zero-order chi connectivity index (χ0) is 10.2. The van der Waals surface area contributed by atoms with E-state index in [1.807, 2.05) is 0 Å². The molecule has 0 unspecified atom stereocenters. The lowest BCUT2D eigenvalue weighted by atomic mass is 10.4. The number of halogens is 1. The van der Waals surface area contributed by atoms with E-state index in [1.54, 1.807) is 24.5 Å². The number of carbonyl (C=O) groups is 1. The number of alkyl carbamates (subject to hydrolysis) is 1. The Kier molecular flexibility index (Phi) is 4.64. The number of nitrogens with one attached hydrogen (secondary N) is 1. The highest BCUT2D eigenvalue weighted by Gasteiger charge is 1.96. The fraction of sp³-hybridized carbons (Fsp3) is 0.222. The summed E-state index contributed by atoms with van der Waals surface area (Å²) in [5, 5.41) is 2.40. The molecule has 0 spiro atoms. The van der Waals surface area contributed by atoms with Crippen LogP contribution in [0, 0.1) is 0 Å². The summed E-state index contributed by atoms with van der Waals surface area (Å²) in [4.78, 5) is 10.9. The molecule has 1 heterocycles. The zero-order valence-electron chi connectivity index (χ0n) is 7.40. The van der Waals surface area contributed by atoms with Crippen LogP contribution in [0.15, 0.2) is 29.0 Å². The molecule has 0 aliphatic rings. The van der Waals surface area contributed by atoms with E-state index < -0.39 is 6.09 Å². The summed E-state index contributed by atoms with van der Waals surface area (Å²) in [6.45, 7) is 0.196. The van der Waals surface area contributed by atoms with Gasteiger partial charge in [0.05, 0.1) is 12.1 Å². The minimum absolute atomic E-state index is 0.196. The first-order valence-electron chi connectivity index (χ1n) is 4.02. The van der Waals surface area contributed by atoms with Gasteiger partial charge in [0, 0.05) is 6.20 Å². The largest absolute Gasteiger partial charge is 0.465 e. The molecular weight excluding hydrogens is 206 g/mol. The third kappa shape index (κ3) is 4.00. The number of rotatable bonds is 4. The lowest BCUT2D eigenvalue weighted by Gasteiger charge is -1.99. The van der Waals surface area contributed by atoms with Crippen molar-refractivity contribution in [3.8, 4) is 0 Å². The second kappa shape index (κ2) is 6.10. The summed E-state index contributed by atoms with van der Waals surface area (Å²) in [5.74, 6) is 0.942. The molecule has 1 aromatic rings. The molecule has 0 saturated carbocycles. The fourth-order valence-corrected chi connectivity index (χ4v) is 0.828. The van der Waals surface area contributed by atoms with E-state index in [1.165, 1.54) is 6.20 Å². The number of hydrogen-bond donors (Lipinski definition) is 1. The van der Waals surface area contributed by atoms with E-state index in [0.717, 1.165) is 0 Å². The van der Waals surface area contributed by atoms with Crippen molar-refractivity contribution in [1.29, 1.82) is 0 Å². The van der Waals surface area contributed by atoms with Gasteiger partial charge in [0.25, 0.3) is 0 Å². The predicted octanol–water partition coefficient (Wildman–Crippen LogP) is 2.22. The van der Waals surface area contributed by atoms with Crippen LogP contribution in [0.4, 0.5) is 4.79 Å². The van der Waals surface area contributed by atoms with Crippen molar-refractivity contribution in [2.75, 3.05) is 12.5 Å². The number of amides is 1. The monoisotopic (exact) mass is 215 g/mol. The Balaban J connectivity index is 2.23. The van der Waals surface area contributed by atoms with Gasteiger partial charge in [-0.15, -0.1) is 11.6 Å². The van der Waals surface area contributed by atoms with E-state index in [-0.39, 0.29) is 12.5 Å². The van der Waals surface area contributed by atoms with Crippen LogP contribution in [0.3, 0.4) is 0 Å². The molecule has 0 aliphatic carbocycles. The third-order valence-electron chi connectivity index (χ3n) is 1.30. The maximum atomic E-state index is 10.9. The highest BCUT2D eigenvalue weighted by atomic mass is 35.5. The van der Waals surface area contributed by atoms with Crippen LogP contribution in [0.2, 0.25) is 0 Å². The molecule has 0 aromatic carbocycles. The molecule has 1 amide bonds. The number of furan rings is 1. The van der Waals surface area contributed by atoms with Gasteiger partial charge in [0.15, 0.2) is 0 Å². The second-order valence-corrected chi connectivity index (χ2v) is 2.70. The van der Waals surface area contributed by atoms with Crippen LogP contribution in [0.5, 0.6) is 0 Å². The summed E-state index contributed by atoms with van der Waals surface area (Å²) in [5.41, 5.74) is 0. The summed E-state index contributed by atoms with van der Waals surface area (Å²) in [6.07, 6.45) is 4.07. The van der Waals surface area contributed by atoms with Crippen molar-refractivity contribution in [2.45, 2.75) is 0 Å². The first-order valence-corrected chi connectivity index (χ1v) is 4.55. The lowest BCUT2D eigenvalue weighted by molar-refractivity contribution is 0.157. The zero-order valence-corrected chi connectivity index (χ0v) is 8.16. The highest BCUT2D eigenvalue weighted by Crippen LogP contribution is 2.00. The number of alkyl halides is 1.